The number of carbonyl (C=O) groups is 2. The molecule has 0 atom stereocenters. The molecule has 0 aliphatic carbocycles. The van der Waals surface area contributed by atoms with Crippen LogP contribution in [0.3, 0.4) is 0 Å². The normalized spacial score (nSPS) is 10.3. The van der Waals surface area contributed by atoms with Gasteiger partial charge in [-0.2, -0.15) is 5.26 Å². The molecule has 0 aromatic heterocycles. The van der Waals surface area contributed by atoms with Crippen molar-refractivity contribution in [3.63, 3.8) is 0 Å². The van der Waals surface area contributed by atoms with Gasteiger partial charge < -0.3 is 9.64 Å². The molecule has 0 bridgehead atoms. The number of rotatable bonds is 7. The Kier molecular flexibility index (Phi) is 7.59. The average molecular weight is 413 g/mol. The maximum atomic E-state index is 12.4. The van der Waals surface area contributed by atoms with Crippen molar-refractivity contribution in [3.8, 4) is 6.07 Å². The van der Waals surface area contributed by atoms with Gasteiger partial charge in [-0.15, -0.1) is 0 Å². The lowest BCUT2D eigenvalue weighted by Gasteiger charge is -2.21. The number of hydrogen-bond acceptors (Lipinski definition) is 4. The van der Waals surface area contributed by atoms with Crippen LogP contribution in [0.15, 0.2) is 65.1 Å². The highest BCUT2D eigenvalue weighted by molar-refractivity contribution is 9.10. The van der Waals surface area contributed by atoms with Crippen molar-refractivity contribution < 1.29 is 14.3 Å². The second-order valence-electron chi connectivity index (χ2n) is 5.28. The molecule has 6 heteroatoms. The Balaban J connectivity index is 1.93. The summed E-state index contributed by atoms with van der Waals surface area (Å²) in [5.74, 6) is -0.980. The number of halogens is 1. The smallest absolute Gasteiger partial charge is 0.331 e. The molecule has 0 aliphatic heterocycles. The molecule has 26 heavy (non-hydrogen) atoms. The number of esters is 1. The van der Waals surface area contributed by atoms with Crippen LogP contribution in [0, 0.1) is 11.3 Å². The lowest BCUT2D eigenvalue weighted by atomic mass is 10.2. The summed E-state index contributed by atoms with van der Waals surface area (Å²) in [6.07, 6.45) is 3.08. The van der Waals surface area contributed by atoms with E-state index in [9.17, 15) is 9.59 Å². The van der Waals surface area contributed by atoms with E-state index in [2.05, 4.69) is 15.9 Å². The standard InChI is InChI=1S/C20H17BrN2O3/c21-17-10-7-16(8-11-17)9-12-20(25)26-15-19(24)23(14-4-13-22)18-5-2-1-3-6-18/h1-3,5-12H,4,14-15H2/b12-9+. The molecule has 2 rings (SSSR count). The number of para-hydroxylation sites is 1. The molecule has 0 N–H and O–H groups in total. The quantitative estimate of drug-likeness (QED) is 0.509. The van der Waals surface area contributed by atoms with Gasteiger partial charge in [-0.3, -0.25) is 4.79 Å². The number of nitriles is 1. The van der Waals surface area contributed by atoms with Gasteiger partial charge in [0.15, 0.2) is 6.61 Å². The van der Waals surface area contributed by atoms with Crippen molar-refractivity contribution in [2.75, 3.05) is 18.1 Å². The highest BCUT2D eigenvalue weighted by Gasteiger charge is 2.16. The van der Waals surface area contributed by atoms with Gasteiger partial charge in [-0.05, 0) is 35.9 Å². The van der Waals surface area contributed by atoms with Crippen LogP contribution < -0.4 is 4.90 Å². The molecule has 0 spiro atoms. The molecule has 1 amide bonds. The summed E-state index contributed by atoms with van der Waals surface area (Å²) in [5, 5.41) is 8.77. The fourth-order valence-corrected chi connectivity index (χ4v) is 2.43. The molecule has 0 radical (unpaired) electrons. The van der Waals surface area contributed by atoms with Crippen molar-refractivity contribution >= 4 is 39.6 Å². The maximum Gasteiger partial charge on any atom is 0.331 e. The molecule has 0 fully saturated rings. The van der Waals surface area contributed by atoms with Crippen LogP contribution in [-0.2, 0) is 14.3 Å². The number of nitrogens with zero attached hydrogens (tertiary/aromatic N) is 2. The summed E-state index contributed by atoms with van der Waals surface area (Å²) in [5.41, 5.74) is 1.51. The van der Waals surface area contributed by atoms with Gasteiger partial charge in [0.25, 0.3) is 5.91 Å². The van der Waals surface area contributed by atoms with Crippen LogP contribution in [0.25, 0.3) is 6.08 Å². The number of ether oxygens (including phenoxy) is 1. The highest BCUT2D eigenvalue weighted by Crippen LogP contribution is 2.14. The Morgan fingerprint density at radius 1 is 1.12 bits per heavy atom. The molecule has 0 aliphatic rings. The predicted octanol–water partition coefficient (Wildman–Crippen LogP) is 3.95. The SMILES string of the molecule is N#CCCN(C(=O)COC(=O)/C=C/c1ccc(Br)cc1)c1ccccc1. The summed E-state index contributed by atoms with van der Waals surface area (Å²) in [6.45, 7) is -0.143. The monoisotopic (exact) mass is 412 g/mol. The maximum absolute atomic E-state index is 12.4. The summed E-state index contributed by atoms with van der Waals surface area (Å²) in [4.78, 5) is 25.6. The molecular formula is C20H17BrN2O3. The lowest BCUT2D eigenvalue weighted by molar-refractivity contribution is -0.142. The Bertz CT molecular complexity index is 811. The van der Waals surface area contributed by atoms with Crippen molar-refractivity contribution in [1.82, 2.24) is 0 Å². The van der Waals surface area contributed by atoms with E-state index in [0.29, 0.717) is 5.69 Å². The molecule has 5 nitrogen and oxygen atoms in total. The number of amides is 1. The zero-order chi connectivity index (χ0) is 18.8. The number of hydrogen-bond donors (Lipinski definition) is 0. The van der Waals surface area contributed by atoms with Crippen LogP contribution in [0.1, 0.15) is 12.0 Å². The van der Waals surface area contributed by atoms with Crippen LogP contribution in [0.2, 0.25) is 0 Å². The fraction of sp³-hybridized carbons (Fsp3) is 0.150. The van der Waals surface area contributed by atoms with Gasteiger partial charge in [0.1, 0.15) is 0 Å². The molecule has 0 heterocycles. The zero-order valence-electron chi connectivity index (χ0n) is 14.0. The molecule has 0 saturated carbocycles. The largest absolute Gasteiger partial charge is 0.452 e. The summed E-state index contributed by atoms with van der Waals surface area (Å²) < 4.78 is 5.97. The van der Waals surface area contributed by atoms with Crippen LogP contribution >= 0.6 is 15.9 Å². The third kappa shape index (κ3) is 6.19. The fourth-order valence-electron chi connectivity index (χ4n) is 2.16. The van der Waals surface area contributed by atoms with Crippen molar-refractivity contribution in [3.05, 3.63) is 70.7 Å². The van der Waals surface area contributed by atoms with E-state index in [4.69, 9.17) is 10.00 Å². The first-order valence-corrected chi connectivity index (χ1v) is 8.72. The first-order valence-electron chi connectivity index (χ1n) is 7.93. The number of anilines is 1. The minimum atomic E-state index is -0.602. The Labute approximate surface area is 160 Å². The van der Waals surface area contributed by atoms with E-state index in [1.165, 1.54) is 11.0 Å². The third-order valence-electron chi connectivity index (χ3n) is 3.44. The minimum absolute atomic E-state index is 0.193. The van der Waals surface area contributed by atoms with Gasteiger partial charge in [0.2, 0.25) is 0 Å². The van der Waals surface area contributed by atoms with Gasteiger partial charge in [0.05, 0.1) is 12.5 Å². The van der Waals surface area contributed by atoms with Gasteiger partial charge in [0, 0.05) is 22.8 Å². The predicted molar refractivity (Wildman–Crippen MR) is 103 cm³/mol. The van der Waals surface area contributed by atoms with Gasteiger partial charge in [-0.1, -0.05) is 46.3 Å². The second-order valence-corrected chi connectivity index (χ2v) is 6.20. The van der Waals surface area contributed by atoms with E-state index in [0.717, 1.165) is 10.0 Å². The molecule has 0 saturated heterocycles. The van der Waals surface area contributed by atoms with Crippen molar-refractivity contribution in [2.45, 2.75) is 6.42 Å². The number of carbonyl (C=O) groups excluding carboxylic acids is 2. The third-order valence-corrected chi connectivity index (χ3v) is 3.96. The zero-order valence-corrected chi connectivity index (χ0v) is 15.6. The van der Waals surface area contributed by atoms with Gasteiger partial charge in [-0.25, -0.2) is 4.79 Å². The molecule has 2 aromatic carbocycles. The van der Waals surface area contributed by atoms with Crippen LogP contribution in [0.4, 0.5) is 5.69 Å². The molecular weight excluding hydrogens is 396 g/mol. The summed E-state index contributed by atoms with van der Waals surface area (Å²) in [6, 6.07) is 18.4. The van der Waals surface area contributed by atoms with Gasteiger partial charge >= 0.3 is 5.97 Å². The van der Waals surface area contributed by atoms with E-state index < -0.39 is 5.97 Å². The van der Waals surface area contributed by atoms with E-state index in [1.807, 2.05) is 36.4 Å². The van der Waals surface area contributed by atoms with E-state index in [1.54, 1.807) is 30.3 Å². The minimum Gasteiger partial charge on any atom is -0.452 e. The van der Waals surface area contributed by atoms with E-state index in [-0.39, 0.29) is 25.5 Å². The number of benzene rings is 2. The molecule has 2 aromatic rings. The molecule has 132 valence electrons. The Morgan fingerprint density at radius 2 is 1.81 bits per heavy atom. The van der Waals surface area contributed by atoms with Crippen molar-refractivity contribution in [2.24, 2.45) is 0 Å². The lowest BCUT2D eigenvalue weighted by Crippen LogP contribution is -2.35. The second kappa shape index (κ2) is 10.2. The van der Waals surface area contributed by atoms with E-state index >= 15 is 0 Å². The Morgan fingerprint density at radius 3 is 2.46 bits per heavy atom. The first-order chi connectivity index (χ1) is 12.6. The summed E-state index contributed by atoms with van der Waals surface area (Å²) >= 11 is 3.34. The van der Waals surface area contributed by atoms with Crippen LogP contribution in [-0.4, -0.2) is 25.0 Å². The van der Waals surface area contributed by atoms with Crippen molar-refractivity contribution in [1.29, 1.82) is 5.26 Å². The topological polar surface area (TPSA) is 70.4 Å². The first kappa shape index (κ1) is 19.4. The Hall–Kier alpha value is -2.91. The highest BCUT2D eigenvalue weighted by atomic mass is 79.9. The summed E-state index contributed by atoms with van der Waals surface area (Å²) in [7, 11) is 0. The molecule has 0 unspecified atom stereocenters. The van der Waals surface area contributed by atoms with Crippen LogP contribution in [0.5, 0.6) is 0 Å². The average Bonchev–Trinajstić information content (AvgIpc) is 2.67.